The zero-order chi connectivity index (χ0) is 27.3. The molecule has 0 aromatic heterocycles. The number of rotatable bonds is 18. The van der Waals surface area contributed by atoms with E-state index in [9.17, 15) is 0 Å². The molecule has 0 bridgehead atoms. The Hall–Kier alpha value is 1.14. The SMILES string of the molecule is C[Si](C)(CCCC[Si](C)(C)O[Si](C)(C)CCCC[Si](C)(C)O[Si](C)(C)CCC1CCC2OC2C1)O[SiH3]. The molecule has 0 aromatic rings. The second-order valence-corrected chi connectivity index (χ2v) is 38.4. The van der Waals surface area contributed by atoms with Crippen molar-refractivity contribution in [3.8, 4) is 0 Å². The molecule has 10 heteroatoms. The summed E-state index contributed by atoms with van der Waals surface area (Å²) in [6, 6.07) is 6.54. The molecule has 3 atom stereocenters. The maximum Gasteiger partial charge on any atom is 0.173 e. The van der Waals surface area contributed by atoms with Crippen molar-refractivity contribution in [2.45, 2.75) is 159 Å². The molecule has 1 aliphatic carbocycles. The highest BCUT2D eigenvalue weighted by Gasteiger charge is 2.44. The lowest BCUT2D eigenvalue weighted by molar-refractivity contribution is 0.355. The molecule has 0 N–H and O–H groups in total. The minimum Gasteiger partial charge on any atom is -0.463 e. The predicted octanol–water partition coefficient (Wildman–Crippen LogP) is 7.86. The van der Waals surface area contributed by atoms with Crippen LogP contribution < -0.4 is 0 Å². The number of fused-ring (bicyclic) bond motifs is 1. The van der Waals surface area contributed by atoms with Gasteiger partial charge in [-0.05, 0) is 121 Å². The molecule has 1 heterocycles. The highest BCUT2D eigenvalue weighted by atomic mass is 28.4. The van der Waals surface area contributed by atoms with Crippen molar-refractivity contribution in [3.05, 3.63) is 0 Å². The minimum absolute atomic E-state index is 0.612. The first kappa shape index (κ1) is 33.3. The molecular formula is C26H62O4Si6. The number of hydrogen-bond acceptors (Lipinski definition) is 4. The van der Waals surface area contributed by atoms with Crippen molar-refractivity contribution in [2.75, 3.05) is 0 Å². The van der Waals surface area contributed by atoms with Gasteiger partial charge in [0.25, 0.3) is 0 Å². The van der Waals surface area contributed by atoms with Gasteiger partial charge in [0.05, 0.1) is 12.2 Å². The van der Waals surface area contributed by atoms with Crippen LogP contribution in [0.15, 0.2) is 0 Å². The van der Waals surface area contributed by atoms with E-state index in [1.54, 1.807) is 0 Å². The van der Waals surface area contributed by atoms with E-state index in [-0.39, 0.29) is 0 Å². The standard InChI is InChI=1S/C26H62O4Si6/c1-32(2,28-31)18-11-12-19-33(3,4)29-34(5,6)20-13-14-21-35(7,8)30-36(9,10)22-17-24-15-16-25-26(23-24)27-25/h24-26H,11-23H2,1-10,31H3. The number of unbranched alkanes of at least 4 members (excludes halogenated alkanes) is 2. The maximum atomic E-state index is 6.98. The molecule has 2 rings (SSSR count). The molecule has 0 amide bonds. The minimum atomic E-state index is -1.60. The second kappa shape index (κ2) is 13.7. The van der Waals surface area contributed by atoms with Gasteiger partial charge in [0.2, 0.25) is 0 Å². The average Bonchev–Trinajstić information content (AvgIpc) is 3.50. The molecule has 0 spiro atoms. The summed E-state index contributed by atoms with van der Waals surface area (Å²) in [6.07, 6.45) is 11.9. The largest absolute Gasteiger partial charge is 0.463 e. The van der Waals surface area contributed by atoms with Gasteiger partial charge < -0.3 is 17.1 Å². The second-order valence-electron chi connectivity index (χ2n) is 15.1. The molecule has 214 valence electrons. The normalized spacial score (nSPS) is 23.7. The van der Waals surface area contributed by atoms with Crippen LogP contribution >= 0.6 is 0 Å². The van der Waals surface area contributed by atoms with Gasteiger partial charge in [0.1, 0.15) is 10.5 Å². The van der Waals surface area contributed by atoms with Crippen LogP contribution in [-0.2, 0) is 17.1 Å². The average molecular weight is 607 g/mol. The molecule has 2 aliphatic rings. The van der Waals surface area contributed by atoms with Gasteiger partial charge >= 0.3 is 0 Å². The van der Waals surface area contributed by atoms with E-state index in [1.165, 1.54) is 81.6 Å². The maximum absolute atomic E-state index is 6.98. The summed E-state index contributed by atoms with van der Waals surface area (Å²) in [5.74, 6) is 0.884. The van der Waals surface area contributed by atoms with Crippen LogP contribution in [0.1, 0.15) is 51.4 Å². The van der Waals surface area contributed by atoms with E-state index < -0.39 is 41.6 Å². The molecule has 2 fully saturated rings. The summed E-state index contributed by atoms with van der Waals surface area (Å²) >= 11 is 0. The lowest BCUT2D eigenvalue weighted by Gasteiger charge is -2.36. The van der Waals surface area contributed by atoms with E-state index in [2.05, 4.69) is 65.5 Å². The summed E-state index contributed by atoms with van der Waals surface area (Å²) in [6.45, 7) is 24.4. The van der Waals surface area contributed by atoms with Gasteiger partial charge in [-0.15, -0.1) is 0 Å². The number of epoxide rings is 1. The fraction of sp³-hybridized carbons (Fsp3) is 1.00. The van der Waals surface area contributed by atoms with Crippen LogP contribution in [-0.4, -0.2) is 64.3 Å². The summed E-state index contributed by atoms with van der Waals surface area (Å²) in [5.41, 5.74) is 0. The molecule has 0 radical (unpaired) electrons. The first-order valence-electron chi connectivity index (χ1n) is 15.0. The molecule has 36 heavy (non-hydrogen) atoms. The molecule has 4 nitrogen and oxygen atoms in total. The van der Waals surface area contributed by atoms with E-state index in [4.69, 9.17) is 17.1 Å². The van der Waals surface area contributed by atoms with Crippen molar-refractivity contribution in [1.29, 1.82) is 0 Å². The highest BCUT2D eigenvalue weighted by molar-refractivity contribution is 6.85. The molecule has 1 saturated heterocycles. The molecule has 1 aliphatic heterocycles. The van der Waals surface area contributed by atoms with Crippen LogP contribution in [0.3, 0.4) is 0 Å². The zero-order valence-corrected chi connectivity index (χ0v) is 33.1. The van der Waals surface area contributed by atoms with Gasteiger partial charge in [-0.2, -0.15) is 0 Å². The van der Waals surface area contributed by atoms with Crippen LogP contribution in [0.5, 0.6) is 0 Å². The van der Waals surface area contributed by atoms with E-state index in [1.807, 2.05) is 0 Å². The van der Waals surface area contributed by atoms with E-state index >= 15 is 0 Å². The van der Waals surface area contributed by atoms with E-state index in [0.29, 0.717) is 12.2 Å². The lowest BCUT2D eigenvalue weighted by atomic mass is 9.88. The van der Waals surface area contributed by atoms with Gasteiger partial charge in [0.15, 0.2) is 41.6 Å². The van der Waals surface area contributed by atoms with Crippen molar-refractivity contribution in [1.82, 2.24) is 0 Å². The topological polar surface area (TPSA) is 40.2 Å². The Morgan fingerprint density at radius 2 is 1.00 bits per heavy atom. The lowest BCUT2D eigenvalue weighted by Crippen LogP contribution is -2.45. The summed E-state index contributed by atoms with van der Waals surface area (Å²) in [7, 11) is -6.81. The van der Waals surface area contributed by atoms with Crippen molar-refractivity contribution >= 4 is 52.1 Å². The summed E-state index contributed by atoms with van der Waals surface area (Å²) in [4.78, 5) is 0. The Labute approximate surface area is 233 Å². The van der Waals surface area contributed by atoms with Crippen molar-refractivity contribution in [3.63, 3.8) is 0 Å². The molecule has 3 unspecified atom stereocenters. The van der Waals surface area contributed by atoms with Crippen LogP contribution in [0.25, 0.3) is 0 Å². The summed E-state index contributed by atoms with van der Waals surface area (Å²) in [5, 5.41) is 0. The van der Waals surface area contributed by atoms with Crippen LogP contribution in [0.4, 0.5) is 0 Å². The molecular weight excluding hydrogens is 545 g/mol. The summed E-state index contributed by atoms with van der Waals surface area (Å²) < 4.78 is 25.5. The Morgan fingerprint density at radius 1 is 0.583 bits per heavy atom. The predicted molar refractivity (Wildman–Crippen MR) is 174 cm³/mol. The van der Waals surface area contributed by atoms with Crippen molar-refractivity contribution < 1.29 is 17.1 Å². The van der Waals surface area contributed by atoms with Gasteiger partial charge in [0, 0.05) is 0 Å². The third-order valence-electron chi connectivity index (χ3n) is 8.54. The fourth-order valence-corrected chi connectivity index (χ4v) is 26.2. The zero-order valence-electron chi connectivity index (χ0n) is 26.1. The highest BCUT2D eigenvalue weighted by Crippen LogP contribution is 2.42. The fourth-order valence-electron chi connectivity index (χ4n) is 6.31. The van der Waals surface area contributed by atoms with Crippen LogP contribution in [0, 0.1) is 5.92 Å². The van der Waals surface area contributed by atoms with Crippen LogP contribution in [0.2, 0.25) is 95.7 Å². The van der Waals surface area contributed by atoms with Crippen molar-refractivity contribution in [2.24, 2.45) is 5.92 Å². The molecule has 1 saturated carbocycles. The Bertz CT molecular complexity index is 671. The monoisotopic (exact) mass is 606 g/mol. The smallest absolute Gasteiger partial charge is 0.173 e. The van der Waals surface area contributed by atoms with Gasteiger partial charge in [-0.1, -0.05) is 32.1 Å². The Morgan fingerprint density at radius 3 is 1.42 bits per heavy atom. The first-order valence-corrected chi connectivity index (χ1v) is 31.4. The van der Waals surface area contributed by atoms with Gasteiger partial charge in [-0.3, -0.25) is 0 Å². The van der Waals surface area contributed by atoms with Gasteiger partial charge in [-0.25, -0.2) is 0 Å². The Balaban J connectivity index is 1.64. The molecule has 0 aromatic carbocycles. The number of hydrogen-bond donors (Lipinski definition) is 0. The first-order chi connectivity index (χ1) is 16.4. The Kier molecular flexibility index (Phi) is 12.7. The van der Waals surface area contributed by atoms with E-state index in [0.717, 1.165) is 16.4 Å². The number of ether oxygens (including phenoxy) is 1. The third-order valence-corrected chi connectivity index (χ3v) is 29.5. The third kappa shape index (κ3) is 13.5. The quantitative estimate of drug-likeness (QED) is 0.0904.